The van der Waals surface area contributed by atoms with Crippen LogP contribution in [0.25, 0.3) is 0 Å². The zero-order valence-corrected chi connectivity index (χ0v) is 19.2. The fourth-order valence-corrected chi connectivity index (χ4v) is 3.96. The van der Waals surface area contributed by atoms with Crippen molar-refractivity contribution in [3.8, 4) is 11.5 Å². The minimum absolute atomic E-state index is 0.125. The van der Waals surface area contributed by atoms with Crippen LogP contribution in [0.4, 0.5) is 0 Å². The maximum absolute atomic E-state index is 12.5. The molecule has 2 atom stereocenters. The van der Waals surface area contributed by atoms with Crippen molar-refractivity contribution in [2.24, 2.45) is 0 Å². The van der Waals surface area contributed by atoms with Crippen LogP contribution in [0, 0.1) is 0 Å². The van der Waals surface area contributed by atoms with Crippen LogP contribution in [0.3, 0.4) is 0 Å². The molecule has 1 fully saturated rings. The van der Waals surface area contributed by atoms with Crippen LogP contribution in [0.5, 0.6) is 11.5 Å². The summed E-state index contributed by atoms with van der Waals surface area (Å²) in [5, 5.41) is 3.64. The van der Waals surface area contributed by atoms with Gasteiger partial charge >= 0.3 is 0 Å². The minimum atomic E-state index is -0.125. The third kappa shape index (κ3) is 6.86. The number of amides is 1. The number of carbonyl (C=O) groups is 1. The molecule has 1 aliphatic rings. The summed E-state index contributed by atoms with van der Waals surface area (Å²) in [4.78, 5) is 14.9. The van der Waals surface area contributed by atoms with E-state index in [1.807, 2.05) is 24.3 Å². The Morgan fingerprint density at radius 2 is 1.90 bits per heavy atom. The molecule has 2 aromatic carbocycles. The van der Waals surface area contributed by atoms with Gasteiger partial charge in [0.15, 0.2) is 11.5 Å². The van der Waals surface area contributed by atoms with Gasteiger partial charge in [-0.25, -0.2) is 0 Å². The number of methoxy groups -OCH3 is 1. The zero-order valence-electron chi connectivity index (χ0n) is 18.4. The molecule has 0 radical (unpaired) electrons. The molecule has 1 aliphatic heterocycles. The summed E-state index contributed by atoms with van der Waals surface area (Å²) in [6.07, 6.45) is 1.40. The molecule has 31 heavy (non-hydrogen) atoms. The topological polar surface area (TPSA) is 60.0 Å². The van der Waals surface area contributed by atoms with Crippen LogP contribution in [-0.2, 0) is 11.3 Å². The largest absolute Gasteiger partial charge is 0.493 e. The van der Waals surface area contributed by atoms with Crippen molar-refractivity contribution >= 4 is 17.5 Å². The number of carbonyl (C=O) groups excluding carboxylic acids is 1. The van der Waals surface area contributed by atoms with E-state index in [0.717, 1.165) is 31.6 Å². The molecular formula is C24H31ClN2O4. The van der Waals surface area contributed by atoms with Gasteiger partial charge in [-0.1, -0.05) is 29.8 Å². The van der Waals surface area contributed by atoms with Crippen molar-refractivity contribution < 1.29 is 19.0 Å². The van der Waals surface area contributed by atoms with Crippen LogP contribution in [-0.4, -0.2) is 56.3 Å². The summed E-state index contributed by atoms with van der Waals surface area (Å²) < 4.78 is 17.0. The standard InChI is InChI=1S/C24H31ClN2O4/c1-17-14-27(15-18(2)31-17)12-6-11-26-24(28)19-9-10-22(23(13-19)29-3)30-16-20-7-4-5-8-21(20)25/h4-5,7-10,13,17-18H,6,11-12,14-16H2,1-3H3,(H,26,28)/t17-,18-/m1/s1. The first-order valence-corrected chi connectivity index (χ1v) is 11.0. The summed E-state index contributed by atoms with van der Waals surface area (Å²) in [6, 6.07) is 12.7. The summed E-state index contributed by atoms with van der Waals surface area (Å²) in [7, 11) is 1.56. The second-order valence-electron chi connectivity index (χ2n) is 7.87. The number of hydrogen-bond acceptors (Lipinski definition) is 5. The lowest BCUT2D eigenvalue weighted by Crippen LogP contribution is -2.46. The van der Waals surface area contributed by atoms with E-state index in [2.05, 4.69) is 24.1 Å². The van der Waals surface area contributed by atoms with E-state index < -0.39 is 0 Å². The SMILES string of the molecule is COc1cc(C(=O)NCCCN2C[C@@H](C)O[C@H](C)C2)ccc1OCc1ccccc1Cl. The predicted octanol–water partition coefficient (Wildman–Crippen LogP) is 4.16. The minimum Gasteiger partial charge on any atom is -0.493 e. The molecule has 6 nitrogen and oxygen atoms in total. The molecule has 1 saturated heterocycles. The maximum atomic E-state index is 12.5. The van der Waals surface area contributed by atoms with Crippen molar-refractivity contribution in [2.45, 2.75) is 39.1 Å². The van der Waals surface area contributed by atoms with Gasteiger partial charge in [0.1, 0.15) is 6.61 Å². The fraction of sp³-hybridized carbons (Fsp3) is 0.458. The van der Waals surface area contributed by atoms with Gasteiger partial charge in [-0.15, -0.1) is 0 Å². The molecule has 1 amide bonds. The number of rotatable bonds is 9. The van der Waals surface area contributed by atoms with Crippen LogP contribution in [0.2, 0.25) is 5.02 Å². The van der Waals surface area contributed by atoms with Crippen molar-refractivity contribution in [2.75, 3.05) is 33.3 Å². The van der Waals surface area contributed by atoms with Gasteiger partial charge in [0.05, 0.1) is 19.3 Å². The van der Waals surface area contributed by atoms with Gasteiger partial charge in [-0.05, 0) is 44.5 Å². The molecule has 0 spiro atoms. The molecule has 0 unspecified atom stereocenters. The number of ether oxygens (including phenoxy) is 3. The van der Waals surface area contributed by atoms with Gasteiger partial charge < -0.3 is 19.5 Å². The molecule has 1 heterocycles. The van der Waals surface area contributed by atoms with Crippen molar-refractivity contribution in [3.63, 3.8) is 0 Å². The van der Waals surface area contributed by atoms with Gasteiger partial charge in [0.25, 0.3) is 5.91 Å². The average molecular weight is 447 g/mol. The normalized spacial score (nSPS) is 19.1. The highest BCUT2D eigenvalue weighted by atomic mass is 35.5. The van der Waals surface area contributed by atoms with Gasteiger partial charge in [0.2, 0.25) is 0 Å². The number of benzene rings is 2. The van der Waals surface area contributed by atoms with Crippen LogP contribution in [0.15, 0.2) is 42.5 Å². The van der Waals surface area contributed by atoms with Crippen LogP contribution in [0.1, 0.15) is 36.2 Å². The Labute approximate surface area is 189 Å². The summed E-state index contributed by atoms with van der Waals surface area (Å²) >= 11 is 6.18. The third-order valence-corrected chi connectivity index (χ3v) is 5.57. The monoisotopic (exact) mass is 446 g/mol. The van der Waals surface area contributed by atoms with E-state index in [9.17, 15) is 4.79 Å². The molecule has 0 aromatic heterocycles. The number of nitrogens with zero attached hydrogens (tertiary/aromatic N) is 1. The number of halogens is 1. The second kappa shape index (κ2) is 11.4. The van der Waals surface area contributed by atoms with Gasteiger partial charge in [-0.3, -0.25) is 9.69 Å². The first-order chi connectivity index (χ1) is 15.0. The molecule has 0 saturated carbocycles. The number of morpholine rings is 1. The highest BCUT2D eigenvalue weighted by molar-refractivity contribution is 6.31. The lowest BCUT2D eigenvalue weighted by atomic mass is 10.1. The van der Waals surface area contributed by atoms with E-state index in [0.29, 0.717) is 35.2 Å². The van der Waals surface area contributed by atoms with E-state index in [4.69, 9.17) is 25.8 Å². The van der Waals surface area contributed by atoms with Crippen LogP contribution < -0.4 is 14.8 Å². The maximum Gasteiger partial charge on any atom is 0.251 e. The van der Waals surface area contributed by atoms with Crippen LogP contribution >= 0.6 is 11.6 Å². The quantitative estimate of drug-likeness (QED) is 0.586. The van der Waals surface area contributed by atoms with E-state index in [-0.39, 0.29) is 18.1 Å². The molecule has 0 bridgehead atoms. The second-order valence-corrected chi connectivity index (χ2v) is 8.28. The smallest absolute Gasteiger partial charge is 0.251 e. The Morgan fingerprint density at radius 1 is 1.16 bits per heavy atom. The summed E-state index contributed by atoms with van der Waals surface area (Å²) in [5.41, 5.74) is 1.42. The predicted molar refractivity (Wildman–Crippen MR) is 122 cm³/mol. The van der Waals surface area contributed by atoms with E-state index >= 15 is 0 Å². The molecule has 3 rings (SSSR count). The number of hydrogen-bond donors (Lipinski definition) is 1. The van der Waals surface area contributed by atoms with Gasteiger partial charge in [0, 0.05) is 42.3 Å². The Morgan fingerprint density at radius 3 is 2.61 bits per heavy atom. The molecular weight excluding hydrogens is 416 g/mol. The molecule has 1 N–H and O–H groups in total. The first-order valence-electron chi connectivity index (χ1n) is 10.7. The Hall–Kier alpha value is -2.28. The molecule has 2 aromatic rings. The lowest BCUT2D eigenvalue weighted by Gasteiger charge is -2.35. The molecule has 0 aliphatic carbocycles. The molecule has 7 heteroatoms. The third-order valence-electron chi connectivity index (χ3n) is 5.20. The van der Waals surface area contributed by atoms with E-state index in [1.54, 1.807) is 25.3 Å². The van der Waals surface area contributed by atoms with Crippen molar-refractivity contribution in [3.05, 3.63) is 58.6 Å². The average Bonchev–Trinajstić information content (AvgIpc) is 2.75. The summed E-state index contributed by atoms with van der Waals surface area (Å²) in [5.74, 6) is 0.949. The Balaban J connectivity index is 1.49. The number of nitrogens with one attached hydrogen (secondary N) is 1. The van der Waals surface area contributed by atoms with Crippen molar-refractivity contribution in [1.29, 1.82) is 0 Å². The zero-order chi connectivity index (χ0) is 22.2. The van der Waals surface area contributed by atoms with E-state index in [1.165, 1.54) is 0 Å². The van der Waals surface area contributed by atoms with Gasteiger partial charge in [-0.2, -0.15) is 0 Å². The highest BCUT2D eigenvalue weighted by Gasteiger charge is 2.21. The Bertz CT molecular complexity index is 866. The lowest BCUT2D eigenvalue weighted by molar-refractivity contribution is -0.0679. The molecule has 168 valence electrons. The Kier molecular flexibility index (Phi) is 8.58. The fourth-order valence-electron chi connectivity index (χ4n) is 3.77. The summed E-state index contributed by atoms with van der Waals surface area (Å²) in [6.45, 7) is 7.94. The first kappa shape index (κ1) is 23.4. The van der Waals surface area contributed by atoms with Crippen molar-refractivity contribution in [1.82, 2.24) is 10.2 Å². The highest BCUT2D eigenvalue weighted by Crippen LogP contribution is 2.29.